The predicted octanol–water partition coefficient (Wildman–Crippen LogP) is 2.55. The second-order valence-electron chi connectivity index (χ2n) is 6.15. The van der Waals surface area contributed by atoms with E-state index < -0.39 is 0 Å². The lowest BCUT2D eigenvalue weighted by Crippen LogP contribution is -2.41. The van der Waals surface area contributed by atoms with Gasteiger partial charge in [0.25, 0.3) is 5.91 Å². The van der Waals surface area contributed by atoms with Crippen LogP contribution >= 0.6 is 11.6 Å². The number of halogens is 1. The number of aromatic nitrogens is 1. The molecule has 144 valence electrons. The Morgan fingerprint density at radius 3 is 2.81 bits per heavy atom. The molecule has 27 heavy (non-hydrogen) atoms. The molecule has 1 aliphatic rings. The van der Waals surface area contributed by atoms with Crippen LogP contribution in [-0.4, -0.2) is 62.3 Å². The topological polar surface area (TPSA) is 75.7 Å². The number of morpholine rings is 1. The molecule has 0 spiro atoms. The molecule has 1 amide bonds. The normalized spacial score (nSPS) is 14.6. The molecule has 1 saturated heterocycles. The summed E-state index contributed by atoms with van der Waals surface area (Å²) in [5, 5.41) is 6.64. The van der Waals surface area contributed by atoms with Crippen LogP contribution in [0.15, 0.2) is 36.7 Å². The Morgan fingerprint density at radius 1 is 1.26 bits per heavy atom. The zero-order valence-electron chi connectivity index (χ0n) is 15.2. The van der Waals surface area contributed by atoms with Crippen molar-refractivity contribution in [1.82, 2.24) is 15.2 Å². The average molecular weight is 391 g/mol. The van der Waals surface area contributed by atoms with Gasteiger partial charge in [-0.2, -0.15) is 0 Å². The monoisotopic (exact) mass is 390 g/mol. The number of hydrogen-bond acceptors (Lipinski definition) is 6. The third-order valence-corrected chi connectivity index (χ3v) is 4.55. The molecule has 3 rings (SSSR count). The highest BCUT2D eigenvalue weighted by Gasteiger charge is 2.11. The number of ether oxygens (including phenoxy) is 2. The van der Waals surface area contributed by atoms with Crippen molar-refractivity contribution < 1.29 is 14.3 Å². The summed E-state index contributed by atoms with van der Waals surface area (Å²) in [5.74, 6) is 0.459. The van der Waals surface area contributed by atoms with Crippen molar-refractivity contribution in [1.29, 1.82) is 0 Å². The SMILES string of the molecule is COc1ccc(Nc2cncc(C(=O)NCCN3CCOCC3)c2)cc1Cl. The maximum atomic E-state index is 12.4. The maximum Gasteiger partial charge on any atom is 0.252 e. The number of hydrogen-bond donors (Lipinski definition) is 2. The second-order valence-corrected chi connectivity index (χ2v) is 6.55. The summed E-state index contributed by atoms with van der Waals surface area (Å²) in [4.78, 5) is 18.8. The molecule has 2 N–H and O–H groups in total. The van der Waals surface area contributed by atoms with Crippen molar-refractivity contribution in [3.63, 3.8) is 0 Å². The third kappa shape index (κ3) is 5.56. The summed E-state index contributed by atoms with van der Waals surface area (Å²) in [7, 11) is 1.57. The molecule has 2 aromatic rings. The minimum Gasteiger partial charge on any atom is -0.495 e. The van der Waals surface area contributed by atoms with Gasteiger partial charge in [-0.15, -0.1) is 0 Å². The van der Waals surface area contributed by atoms with Gasteiger partial charge in [-0.3, -0.25) is 14.7 Å². The fourth-order valence-electron chi connectivity index (χ4n) is 2.80. The number of methoxy groups -OCH3 is 1. The number of anilines is 2. The summed E-state index contributed by atoms with van der Waals surface area (Å²) in [6, 6.07) is 7.14. The molecule has 0 atom stereocenters. The number of rotatable bonds is 7. The van der Waals surface area contributed by atoms with Gasteiger partial charge in [-0.1, -0.05) is 11.6 Å². The van der Waals surface area contributed by atoms with Gasteiger partial charge in [0.05, 0.1) is 42.8 Å². The summed E-state index contributed by atoms with van der Waals surface area (Å²) >= 11 is 6.14. The van der Waals surface area contributed by atoms with Crippen LogP contribution in [0.5, 0.6) is 5.75 Å². The highest BCUT2D eigenvalue weighted by molar-refractivity contribution is 6.32. The Bertz CT molecular complexity index is 781. The summed E-state index contributed by atoms with van der Waals surface area (Å²) in [6.07, 6.45) is 3.21. The molecule has 1 aliphatic heterocycles. The molecule has 0 saturated carbocycles. The average Bonchev–Trinajstić information content (AvgIpc) is 2.69. The van der Waals surface area contributed by atoms with Gasteiger partial charge in [0, 0.05) is 38.1 Å². The van der Waals surface area contributed by atoms with Crippen molar-refractivity contribution >= 4 is 28.9 Å². The van der Waals surface area contributed by atoms with E-state index in [0.29, 0.717) is 28.6 Å². The molecule has 7 nitrogen and oxygen atoms in total. The van der Waals surface area contributed by atoms with E-state index >= 15 is 0 Å². The van der Waals surface area contributed by atoms with Crippen LogP contribution in [0.3, 0.4) is 0 Å². The largest absolute Gasteiger partial charge is 0.495 e. The van der Waals surface area contributed by atoms with Gasteiger partial charge < -0.3 is 20.1 Å². The van der Waals surface area contributed by atoms with E-state index in [1.165, 1.54) is 0 Å². The van der Waals surface area contributed by atoms with Gasteiger partial charge in [0.15, 0.2) is 0 Å². The van der Waals surface area contributed by atoms with Crippen molar-refractivity contribution in [2.45, 2.75) is 0 Å². The van der Waals surface area contributed by atoms with E-state index in [2.05, 4.69) is 20.5 Å². The lowest BCUT2D eigenvalue weighted by atomic mass is 10.2. The first kappa shape index (κ1) is 19.4. The second kappa shape index (κ2) is 9.55. The molecule has 2 heterocycles. The Hall–Kier alpha value is -2.35. The van der Waals surface area contributed by atoms with Gasteiger partial charge >= 0.3 is 0 Å². The van der Waals surface area contributed by atoms with E-state index in [4.69, 9.17) is 21.1 Å². The minimum absolute atomic E-state index is 0.146. The standard InChI is InChI=1S/C19H23ClN4O3/c1-26-18-3-2-15(11-17(18)20)23-16-10-14(12-21-13-16)19(25)22-4-5-24-6-8-27-9-7-24/h2-3,10-13,23H,4-9H2,1H3,(H,22,25). The smallest absolute Gasteiger partial charge is 0.252 e. The molecular formula is C19H23ClN4O3. The molecule has 1 aromatic carbocycles. The van der Waals surface area contributed by atoms with Gasteiger partial charge in [0.2, 0.25) is 0 Å². The van der Waals surface area contributed by atoms with Crippen LogP contribution in [0.4, 0.5) is 11.4 Å². The van der Waals surface area contributed by atoms with Gasteiger partial charge in [-0.25, -0.2) is 0 Å². The quantitative estimate of drug-likeness (QED) is 0.756. The van der Waals surface area contributed by atoms with Gasteiger partial charge in [0.1, 0.15) is 5.75 Å². The van der Waals surface area contributed by atoms with Crippen LogP contribution < -0.4 is 15.4 Å². The van der Waals surface area contributed by atoms with Crippen molar-refractivity contribution in [2.75, 3.05) is 51.8 Å². The Labute approximate surface area is 163 Å². The molecule has 0 aliphatic carbocycles. The predicted molar refractivity (Wildman–Crippen MR) is 105 cm³/mol. The molecule has 1 fully saturated rings. The maximum absolute atomic E-state index is 12.4. The molecule has 0 radical (unpaired) electrons. The van der Waals surface area contributed by atoms with Crippen molar-refractivity contribution in [3.8, 4) is 5.75 Å². The molecule has 1 aromatic heterocycles. The van der Waals surface area contributed by atoms with E-state index in [1.54, 1.807) is 37.7 Å². The van der Waals surface area contributed by atoms with Crippen LogP contribution in [0.1, 0.15) is 10.4 Å². The highest BCUT2D eigenvalue weighted by Crippen LogP contribution is 2.28. The van der Waals surface area contributed by atoms with Crippen LogP contribution in [0.25, 0.3) is 0 Å². The first-order valence-electron chi connectivity index (χ1n) is 8.79. The summed E-state index contributed by atoms with van der Waals surface area (Å²) in [5.41, 5.74) is 1.99. The van der Waals surface area contributed by atoms with E-state index in [1.807, 2.05) is 6.07 Å². The number of carbonyl (C=O) groups excluding carboxylic acids is 1. The zero-order chi connectivity index (χ0) is 19.1. The Balaban J connectivity index is 1.56. The van der Waals surface area contributed by atoms with E-state index in [0.717, 1.165) is 38.5 Å². The first-order chi connectivity index (χ1) is 13.2. The van der Waals surface area contributed by atoms with Crippen LogP contribution in [-0.2, 0) is 4.74 Å². The highest BCUT2D eigenvalue weighted by atomic mass is 35.5. The van der Waals surface area contributed by atoms with E-state index in [-0.39, 0.29) is 5.91 Å². The summed E-state index contributed by atoms with van der Waals surface area (Å²) < 4.78 is 10.5. The summed E-state index contributed by atoms with van der Waals surface area (Å²) in [6.45, 7) is 4.71. The molecule has 0 bridgehead atoms. The fourth-order valence-corrected chi connectivity index (χ4v) is 3.06. The van der Waals surface area contributed by atoms with Crippen LogP contribution in [0, 0.1) is 0 Å². The van der Waals surface area contributed by atoms with Crippen LogP contribution in [0.2, 0.25) is 5.02 Å². The lowest BCUT2D eigenvalue weighted by molar-refractivity contribution is 0.0383. The number of benzene rings is 1. The van der Waals surface area contributed by atoms with Gasteiger partial charge in [-0.05, 0) is 24.3 Å². The number of nitrogens with zero attached hydrogens (tertiary/aromatic N) is 2. The molecule has 0 unspecified atom stereocenters. The first-order valence-corrected chi connectivity index (χ1v) is 9.17. The van der Waals surface area contributed by atoms with E-state index in [9.17, 15) is 4.79 Å². The zero-order valence-corrected chi connectivity index (χ0v) is 16.0. The lowest BCUT2D eigenvalue weighted by Gasteiger charge is -2.26. The number of pyridine rings is 1. The minimum atomic E-state index is -0.146. The Morgan fingerprint density at radius 2 is 2.07 bits per heavy atom. The third-order valence-electron chi connectivity index (χ3n) is 4.26. The molecular weight excluding hydrogens is 368 g/mol. The Kier molecular flexibility index (Phi) is 6.86. The van der Waals surface area contributed by atoms with Crippen molar-refractivity contribution in [2.24, 2.45) is 0 Å². The number of nitrogens with one attached hydrogen (secondary N) is 2. The number of carbonyl (C=O) groups is 1. The fraction of sp³-hybridized carbons (Fsp3) is 0.368. The van der Waals surface area contributed by atoms with Crippen molar-refractivity contribution in [3.05, 3.63) is 47.2 Å². The molecule has 8 heteroatoms. The number of amides is 1.